The van der Waals surface area contributed by atoms with Gasteiger partial charge in [-0.3, -0.25) is 14.9 Å². The van der Waals surface area contributed by atoms with E-state index in [1.165, 1.54) is 11.3 Å². The normalized spacial score (nSPS) is 11.5. The fraction of sp³-hybridized carbons (Fsp3) is 0.292. The number of hydrogen-bond acceptors (Lipinski definition) is 8. The summed E-state index contributed by atoms with van der Waals surface area (Å²) in [4.78, 5) is 28.9. The average molecular weight is 471 g/mol. The topological polar surface area (TPSA) is 96.0 Å². The second-order valence-electron chi connectivity index (χ2n) is 7.07. The van der Waals surface area contributed by atoms with Crippen LogP contribution in [-0.2, 0) is 20.7 Å². The smallest absolute Gasteiger partial charge is 0.311 e. The SMILES string of the molecule is CCOC(=O)Cc1csc(NC(=O)c2cc(Oc3ccccc3)cc(O[C@@H](C)COC)c2)n1. The molecule has 33 heavy (non-hydrogen) atoms. The Morgan fingerprint density at radius 3 is 2.58 bits per heavy atom. The summed E-state index contributed by atoms with van der Waals surface area (Å²) in [5.74, 6) is 0.818. The second kappa shape index (κ2) is 12.0. The van der Waals surface area contributed by atoms with Crippen LogP contribution in [0.15, 0.2) is 53.9 Å². The molecule has 0 fully saturated rings. The Morgan fingerprint density at radius 1 is 1.09 bits per heavy atom. The van der Waals surface area contributed by atoms with Crippen LogP contribution in [0.25, 0.3) is 0 Å². The van der Waals surface area contributed by atoms with Gasteiger partial charge in [0.15, 0.2) is 5.13 Å². The number of rotatable bonds is 11. The first kappa shape index (κ1) is 24.2. The first-order valence-corrected chi connectivity index (χ1v) is 11.3. The molecular formula is C24H26N2O6S. The van der Waals surface area contributed by atoms with E-state index in [0.29, 0.717) is 46.9 Å². The highest BCUT2D eigenvalue weighted by Gasteiger charge is 2.15. The molecule has 9 heteroatoms. The van der Waals surface area contributed by atoms with E-state index in [2.05, 4.69) is 10.3 Å². The maximum absolute atomic E-state index is 12.9. The number of carbonyl (C=O) groups excluding carboxylic acids is 2. The first-order valence-electron chi connectivity index (χ1n) is 10.4. The Bertz CT molecular complexity index is 1070. The number of nitrogens with one attached hydrogen (secondary N) is 1. The van der Waals surface area contributed by atoms with Gasteiger partial charge in [0.1, 0.15) is 23.4 Å². The number of aromatic nitrogens is 1. The highest BCUT2D eigenvalue weighted by Crippen LogP contribution is 2.29. The number of amides is 1. The van der Waals surface area contributed by atoms with E-state index in [0.717, 1.165) is 0 Å². The first-order chi connectivity index (χ1) is 16.0. The number of hydrogen-bond donors (Lipinski definition) is 1. The summed E-state index contributed by atoms with van der Waals surface area (Å²) in [6, 6.07) is 14.2. The van der Waals surface area contributed by atoms with E-state index >= 15 is 0 Å². The van der Waals surface area contributed by atoms with Gasteiger partial charge in [0.2, 0.25) is 0 Å². The minimum Gasteiger partial charge on any atom is -0.488 e. The van der Waals surface area contributed by atoms with Gasteiger partial charge in [0, 0.05) is 24.1 Å². The fourth-order valence-corrected chi connectivity index (χ4v) is 3.64. The molecule has 2 aromatic carbocycles. The summed E-state index contributed by atoms with van der Waals surface area (Å²) >= 11 is 1.23. The molecule has 1 heterocycles. The fourth-order valence-electron chi connectivity index (χ4n) is 2.93. The Hall–Kier alpha value is -3.43. The molecule has 0 bridgehead atoms. The van der Waals surface area contributed by atoms with Crippen LogP contribution in [0.3, 0.4) is 0 Å². The largest absolute Gasteiger partial charge is 0.488 e. The van der Waals surface area contributed by atoms with Crippen molar-refractivity contribution in [1.82, 2.24) is 4.98 Å². The van der Waals surface area contributed by atoms with E-state index in [-0.39, 0.29) is 24.4 Å². The molecule has 0 aliphatic rings. The van der Waals surface area contributed by atoms with Crippen LogP contribution in [0.2, 0.25) is 0 Å². The van der Waals surface area contributed by atoms with Crippen molar-refractivity contribution in [3.8, 4) is 17.2 Å². The zero-order valence-electron chi connectivity index (χ0n) is 18.7. The van der Waals surface area contributed by atoms with Gasteiger partial charge in [-0.1, -0.05) is 18.2 Å². The van der Waals surface area contributed by atoms with Crippen molar-refractivity contribution in [2.75, 3.05) is 25.6 Å². The number of ether oxygens (including phenoxy) is 4. The Balaban J connectivity index is 1.78. The molecule has 0 saturated heterocycles. The zero-order valence-corrected chi connectivity index (χ0v) is 19.5. The number of carbonyl (C=O) groups is 2. The third kappa shape index (κ3) is 7.58. The lowest BCUT2D eigenvalue weighted by Crippen LogP contribution is -2.18. The van der Waals surface area contributed by atoms with Crippen LogP contribution >= 0.6 is 11.3 Å². The van der Waals surface area contributed by atoms with Crippen molar-refractivity contribution >= 4 is 28.3 Å². The van der Waals surface area contributed by atoms with Crippen LogP contribution < -0.4 is 14.8 Å². The van der Waals surface area contributed by atoms with Crippen LogP contribution in [0.5, 0.6) is 17.2 Å². The number of methoxy groups -OCH3 is 1. The molecule has 0 spiro atoms. The molecule has 8 nitrogen and oxygen atoms in total. The number of benzene rings is 2. The van der Waals surface area contributed by atoms with Gasteiger partial charge in [0.25, 0.3) is 5.91 Å². The van der Waals surface area contributed by atoms with Gasteiger partial charge in [-0.05, 0) is 38.1 Å². The van der Waals surface area contributed by atoms with E-state index < -0.39 is 0 Å². The van der Waals surface area contributed by atoms with Crippen LogP contribution in [-0.4, -0.2) is 43.3 Å². The molecule has 0 unspecified atom stereocenters. The van der Waals surface area contributed by atoms with E-state index in [9.17, 15) is 9.59 Å². The quantitative estimate of drug-likeness (QED) is 0.406. The molecule has 3 aromatic rings. The Kier molecular flexibility index (Phi) is 8.79. The summed E-state index contributed by atoms with van der Waals surface area (Å²) in [7, 11) is 1.60. The predicted octanol–water partition coefficient (Wildman–Crippen LogP) is 4.71. The maximum atomic E-state index is 12.9. The lowest BCUT2D eigenvalue weighted by atomic mass is 10.2. The monoisotopic (exact) mass is 470 g/mol. The number of para-hydroxylation sites is 1. The van der Waals surface area contributed by atoms with Crippen molar-refractivity contribution in [2.45, 2.75) is 26.4 Å². The zero-order chi connectivity index (χ0) is 23.6. The summed E-state index contributed by atoms with van der Waals surface area (Å²) in [5, 5.41) is 4.85. The van der Waals surface area contributed by atoms with Crippen molar-refractivity contribution < 1.29 is 28.5 Å². The molecular weight excluding hydrogens is 444 g/mol. The lowest BCUT2D eigenvalue weighted by molar-refractivity contribution is -0.142. The second-order valence-corrected chi connectivity index (χ2v) is 7.93. The van der Waals surface area contributed by atoms with Gasteiger partial charge < -0.3 is 18.9 Å². The minimum atomic E-state index is -0.380. The minimum absolute atomic E-state index is 0.0516. The molecule has 3 rings (SSSR count). The third-order valence-electron chi connectivity index (χ3n) is 4.26. The standard InChI is InChI=1S/C24H26N2O6S/c1-4-30-22(27)12-18-15-33-24(25-18)26-23(28)17-10-20(31-16(2)14-29-3)13-21(11-17)32-19-8-6-5-7-9-19/h5-11,13,15-16H,4,12,14H2,1-3H3,(H,25,26,28)/t16-/m0/s1. The average Bonchev–Trinajstić information content (AvgIpc) is 3.21. The highest BCUT2D eigenvalue weighted by atomic mass is 32.1. The van der Waals surface area contributed by atoms with Gasteiger partial charge in [0.05, 0.1) is 25.3 Å². The highest BCUT2D eigenvalue weighted by molar-refractivity contribution is 7.14. The molecule has 1 amide bonds. The van der Waals surface area contributed by atoms with E-state index in [1.807, 2.05) is 37.3 Å². The van der Waals surface area contributed by atoms with Crippen LogP contribution in [0.4, 0.5) is 5.13 Å². The molecule has 0 aliphatic heterocycles. The lowest BCUT2D eigenvalue weighted by Gasteiger charge is -2.16. The molecule has 0 saturated carbocycles. The summed E-state index contributed by atoms with van der Waals surface area (Å²) in [5.41, 5.74) is 0.873. The number of thiazole rings is 1. The Morgan fingerprint density at radius 2 is 1.85 bits per heavy atom. The molecule has 0 aliphatic carbocycles. The van der Waals surface area contributed by atoms with Crippen LogP contribution in [0.1, 0.15) is 29.9 Å². The predicted molar refractivity (Wildman–Crippen MR) is 125 cm³/mol. The molecule has 174 valence electrons. The summed E-state index contributed by atoms with van der Waals surface area (Å²) in [6.45, 7) is 4.32. The summed E-state index contributed by atoms with van der Waals surface area (Å²) in [6.07, 6.45) is -0.169. The maximum Gasteiger partial charge on any atom is 0.311 e. The van der Waals surface area contributed by atoms with Gasteiger partial charge in [-0.25, -0.2) is 4.98 Å². The molecule has 1 atom stereocenters. The molecule has 1 N–H and O–H groups in total. The van der Waals surface area contributed by atoms with Crippen molar-refractivity contribution in [3.05, 3.63) is 65.2 Å². The van der Waals surface area contributed by atoms with Crippen LogP contribution in [0, 0.1) is 0 Å². The van der Waals surface area contributed by atoms with Crippen molar-refractivity contribution in [3.63, 3.8) is 0 Å². The van der Waals surface area contributed by atoms with Gasteiger partial charge in [-0.2, -0.15) is 0 Å². The molecule has 1 aromatic heterocycles. The van der Waals surface area contributed by atoms with Gasteiger partial charge in [-0.15, -0.1) is 11.3 Å². The Labute approximate surface area is 196 Å². The summed E-state index contributed by atoms with van der Waals surface area (Å²) < 4.78 is 21.9. The van der Waals surface area contributed by atoms with Gasteiger partial charge >= 0.3 is 5.97 Å². The van der Waals surface area contributed by atoms with E-state index in [1.54, 1.807) is 37.6 Å². The van der Waals surface area contributed by atoms with Crippen molar-refractivity contribution in [1.29, 1.82) is 0 Å². The number of anilines is 1. The molecule has 0 radical (unpaired) electrons. The number of esters is 1. The number of nitrogens with zero attached hydrogens (tertiary/aromatic N) is 1. The van der Waals surface area contributed by atoms with Crippen molar-refractivity contribution in [2.24, 2.45) is 0 Å². The van der Waals surface area contributed by atoms with E-state index in [4.69, 9.17) is 18.9 Å². The third-order valence-corrected chi connectivity index (χ3v) is 5.07.